The Hall–Kier alpha value is -2.51. The molecule has 0 aliphatic heterocycles. The Bertz CT molecular complexity index is 607. The topological polar surface area (TPSA) is 88.2 Å². The summed E-state index contributed by atoms with van der Waals surface area (Å²) in [4.78, 5) is 11.7. The van der Waals surface area contributed by atoms with Crippen LogP contribution in [0.2, 0.25) is 0 Å². The summed E-state index contributed by atoms with van der Waals surface area (Å²) in [7, 11) is 0. The highest BCUT2D eigenvalue weighted by Crippen LogP contribution is 2.26. The van der Waals surface area contributed by atoms with Crippen LogP contribution in [0.15, 0.2) is 28.7 Å². The number of nitrogens with zero attached hydrogens (tertiary/aromatic N) is 2. The Morgan fingerprint density at radius 2 is 2.16 bits per heavy atom. The molecule has 1 aromatic carbocycles. The number of nitrogens with one attached hydrogen (secondary N) is 1. The Morgan fingerprint density at radius 3 is 2.74 bits per heavy atom. The molecule has 0 spiro atoms. The Balaban J connectivity index is 2.13. The summed E-state index contributed by atoms with van der Waals surface area (Å²) < 4.78 is 30.3. The van der Waals surface area contributed by atoms with Crippen LogP contribution in [0.5, 0.6) is 5.75 Å². The number of carbonyl (C=O) groups excluding carboxylic acids is 1. The van der Waals surface area contributed by atoms with Gasteiger partial charge in [0.05, 0.1) is 0 Å². The highest BCUT2D eigenvalue weighted by atomic mass is 19.3. The van der Waals surface area contributed by atoms with Crippen molar-refractivity contribution in [2.24, 2.45) is 0 Å². The van der Waals surface area contributed by atoms with Crippen molar-refractivity contribution in [2.75, 3.05) is 5.32 Å². The van der Waals surface area contributed by atoms with Crippen molar-refractivity contribution in [3.05, 3.63) is 35.7 Å². The first-order chi connectivity index (χ1) is 8.86. The lowest BCUT2D eigenvalue weighted by Crippen LogP contribution is -2.12. The third kappa shape index (κ3) is 3.03. The molecule has 2 rings (SSSR count). The predicted molar refractivity (Wildman–Crippen MR) is 59.9 cm³/mol. The molecule has 8 heteroatoms. The van der Waals surface area contributed by atoms with Crippen molar-refractivity contribution in [1.82, 2.24) is 10.2 Å². The van der Waals surface area contributed by atoms with E-state index in [9.17, 15) is 18.7 Å². The zero-order valence-corrected chi connectivity index (χ0v) is 9.72. The van der Waals surface area contributed by atoms with Gasteiger partial charge in [-0.1, -0.05) is 11.2 Å². The number of alkyl halides is 2. The lowest BCUT2D eigenvalue weighted by Gasteiger charge is -2.03. The van der Waals surface area contributed by atoms with E-state index in [1.54, 1.807) is 0 Å². The van der Waals surface area contributed by atoms with Crippen molar-refractivity contribution >= 4 is 11.9 Å². The maximum atomic E-state index is 12.8. The van der Waals surface area contributed by atoms with Crippen LogP contribution in [-0.2, 0) is 5.92 Å². The van der Waals surface area contributed by atoms with Gasteiger partial charge in [0.1, 0.15) is 5.75 Å². The van der Waals surface area contributed by atoms with E-state index in [0.29, 0.717) is 6.92 Å². The maximum absolute atomic E-state index is 12.8. The number of phenolic OH excluding ortho intramolecular Hbond substituents is 1. The van der Waals surface area contributed by atoms with Crippen LogP contribution in [0.4, 0.5) is 14.8 Å². The third-order valence-corrected chi connectivity index (χ3v) is 2.13. The molecule has 1 amide bonds. The number of hydrogen-bond donors (Lipinski definition) is 2. The van der Waals surface area contributed by atoms with Crippen LogP contribution in [-0.4, -0.2) is 21.2 Å². The number of halogens is 2. The second-order valence-electron chi connectivity index (χ2n) is 3.81. The average Bonchev–Trinajstić information content (AvgIpc) is 2.77. The van der Waals surface area contributed by atoms with Gasteiger partial charge in [0.2, 0.25) is 0 Å². The van der Waals surface area contributed by atoms with Crippen molar-refractivity contribution in [1.29, 1.82) is 0 Å². The zero-order chi connectivity index (χ0) is 14.0. The normalized spacial score (nSPS) is 11.3. The zero-order valence-electron chi connectivity index (χ0n) is 9.72. The van der Waals surface area contributed by atoms with Crippen LogP contribution in [0.1, 0.15) is 23.2 Å². The molecule has 1 aromatic heterocycles. The molecule has 0 unspecified atom stereocenters. The van der Waals surface area contributed by atoms with Crippen molar-refractivity contribution in [3.63, 3.8) is 0 Å². The number of carbonyl (C=O) groups is 1. The molecule has 0 saturated carbocycles. The number of rotatable bonds is 3. The minimum absolute atomic E-state index is 0.0982. The van der Waals surface area contributed by atoms with Crippen molar-refractivity contribution in [2.45, 2.75) is 12.8 Å². The van der Waals surface area contributed by atoms with Crippen molar-refractivity contribution < 1.29 is 23.1 Å². The fourth-order valence-electron chi connectivity index (χ4n) is 1.27. The molecule has 100 valence electrons. The van der Waals surface area contributed by atoms with Gasteiger partial charge in [-0.05, 0) is 18.2 Å². The minimum Gasteiger partial charge on any atom is -0.508 e. The molecule has 0 fully saturated rings. The maximum Gasteiger partial charge on any atom is 0.322 e. The molecule has 2 N–H and O–H groups in total. The molecule has 0 saturated heterocycles. The average molecular weight is 269 g/mol. The molecular weight excluding hydrogens is 260 g/mol. The molecule has 0 bridgehead atoms. The Labute approximate surface area is 106 Å². The van der Waals surface area contributed by atoms with Gasteiger partial charge in [0.25, 0.3) is 11.8 Å². The lowest BCUT2D eigenvalue weighted by atomic mass is 10.2. The first-order valence-electron chi connectivity index (χ1n) is 5.18. The molecule has 0 aliphatic rings. The smallest absolute Gasteiger partial charge is 0.322 e. The number of phenols is 1. The number of aromatic hydroxyl groups is 1. The van der Waals surface area contributed by atoms with E-state index < -0.39 is 23.7 Å². The van der Waals surface area contributed by atoms with Gasteiger partial charge in [0, 0.05) is 12.5 Å². The first-order valence-corrected chi connectivity index (χ1v) is 5.18. The molecule has 0 atom stereocenters. The SMILES string of the molecule is CC(F)(F)c1nnc(NC(=O)c2cccc(O)c2)o1. The van der Waals surface area contributed by atoms with Gasteiger partial charge in [-0.25, -0.2) is 0 Å². The van der Waals surface area contributed by atoms with Gasteiger partial charge >= 0.3 is 11.9 Å². The number of amides is 1. The quantitative estimate of drug-likeness (QED) is 0.891. The monoisotopic (exact) mass is 269 g/mol. The van der Waals surface area contributed by atoms with E-state index in [1.807, 2.05) is 0 Å². The largest absolute Gasteiger partial charge is 0.508 e. The summed E-state index contributed by atoms with van der Waals surface area (Å²) in [5.41, 5.74) is 0.128. The van der Waals surface area contributed by atoms with E-state index in [2.05, 4.69) is 19.9 Å². The number of hydrogen-bond acceptors (Lipinski definition) is 5. The van der Waals surface area contributed by atoms with E-state index >= 15 is 0 Å². The number of aromatic nitrogens is 2. The van der Waals surface area contributed by atoms with Gasteiger partial charge in [0.15, 0.2) is 0 Å². The summed E-state index contributed by atoms with van der Waals surface area (Å²) in [5.74, 6) is -4.93. The standard InChI is InChI=1S/C11H9F2N3O3/c1-11(12,13)9-15-16-10(19-9)14-8(18)6-3-2-4-7(17)5-6/h2-5,17H,1H3,(H,14,16,18). The molecule has 0 aliphatic carbocycles. The Morgan fingerprint density at radius 1 is 1.42 bits per heavy atom. The summed E-state index contributed by atoms with van der Waals surface area (Å²) in [6, 6.07) is 5.05. The highest BCUT2D eigenvalue weighted by molar-refractivity contribution is 6.03. The molecule has 1 heterocycles. The Kier molecular flexibility index (Phi) is 3.16. The molecular formula is C11H9F2N3O3. The molecule has 6 nitrogen and oxygen atoms in total. The fourth-order valence-corrected chi connectivity index (χ4v) is 1.27. The van der Waals surface area contributed by atoms with E-state index in [4.69, 9.17) is 0 Å². The van der Waals surface area contributed by atoms with Gasteiger partial charge in [-0.2, -0.15) is 8.78 Å². The van der Waals surface area contributed by atoms with Gasteiger partial charge < -0.3 is 9.52 Å². The fraction of sp³-hybridized carbons (Fsp3) is 0.182. The number of anilines is 1. The highest BCUT2D eigenvalue weighted by Gasteiger charge is 2.32. The molecule has 2 aromatic rings. The first kappa shape index (κ1) is 12.9. The predicted octanol–water partition coefficient (Wildman–Crippen LogP) is 2.14. The van der Waals surface area contributed by atoms with Crippen molar-refractivity contribution in [3.8, 4) is 5.75 Å². The van der Waals surface area contributed by atoms with Crippen LogP contribution >= 0.6 is 0 Å². The van der Waals surface area contributed by atoms with E-state index in [-0.39, 0.29) is 11.3 Å². The van der Waals surface area contributed by atoms with Gasteiger partial charge in [-0.15, -0.1) is 5.10 Å². The lowest BCUT2D eigenvalue weighted by molar-refractivity contribution is -0.0104. The number of benzene rings is 1. The van der Waals surface area contributed by atoms with Gasteiger partial charge in [-0.3, -0.25) is 10.1 Å². The second-order valence-corrected chi connectivity index (χ2v) is 3.81. The van der Waals surface area contributed by atoms with Crippen LogP contribution in [0.3, 0.4) is 0 Å². The third-order valence-electron chi connectivity index (χ3n) is 2.13. The van der Waals surface area contributed by atoms with Crippen LogP contribution in [0.25, 0.3) is 0 Å². The van der Waals surface area contributed by atoms with E-state index in [1.165, 1.54) is 24.3 Å². The van der Waals surface area contributed by atoms with E-state index in [0.717, 1.165) is 0 Å². The summed E-state index contributed by atoms with van der Waals surface area (Å²) in [5, 5.41) is 17.8. The molecule has 0 radical (unpaired) electrons. The molecule has 19 heavy (non-hydrogen) atoms. The second kappa shape index (κ2) is 4.63. The summed E-state index contributed by atoms with van der Waals surface area (Å²) in [6.45, 7) is 0.599. The summed E-state index contributed by atoms with van der Waals surface area (Å²) >= 11 is 0. The van der Waals surface area contributed by atoms with Crippen LogP contribution < -0.4 is 5.32 Å². The van der Waals surface area contributed by atoms with Crippen LogP contribution in [0, 0.1) is 0 Å². The minimum atomic E-state index is -3.28. The summed E-state index contributed by atoms with van der Waals surface area (Å²) in [6.07, 6.45) is 0.